The van der Waals surface area contributed by atoms with E-state index in [0.29, 0.717) is 22.7 Å². The molecule has 2 amide bonds. The zero-order chi connectivity index (χ0) is 23.5. The molecule has 0 spiro atoms. The maximum absolute atomic E-state index is 13.7. The van der Waals surface area contributed by atoms with Crippen LogP contribution in [0.2, 0.25) is 5.02 Å². The summed E-state index contributed by atoms with van der Waals surface area (Å²) in [6, 6.07) is 23.9. The summed E-state index contributed by atoms with van der Waals surface area (Å²) in [5.74, 6) is -0.975. The normalized spacial score (nSPS) is 21.9. The predicted octanol–water partition coefficient (Wildman–Crippen LogP) is 4.23. The first-order chi connectivity index (χ1) is 16.6. The number of nitrogens with zero attached hydrogens (tertiary/aromatic N) is 1. The molecule has 2 aliphatic heterocycles. The van der Waals surface area contributed by atoms with Gasteiger partial charge in [-0.05, 0) is 47.9 Å². The first-order valence-corrected chi connectivity index (χ1v) is 11.8. The summed E-state index contributed by atoms with van der Waals surface area (Å²) in [6.45, 7) is 1.78. The van der Waals surface area contributed by atoms with Crippen molar-refractivity contribution < 1.29 is 14.4 Å². The minimum absolute atomic E-state index is 0.0120. The van der Waals surface area contributed by atoms with Crippen LogP contribution in [-0.2, 0) is 16.2 Å². The van der Waals surface area contributed by atoms with Gasteiger partial charge in [-0.25, -0.2) is 5.48 Å². The van der Waals surface area contributed by atoms with Crippen molar-refractivity contribution in [2.75, 3.05) is 13.1 Å². The van der Waals surface area contributed by atoms with Gasteiger partial charge in [0.15, 0.2) is 0 Å². The zero-order valence-corrected chi connectivity index (χ0v) is 19.4. The molecule has 0 aliphatic carbocycles. The van der Waals surface area contributed by atoms with E-state index in [0.717, 1.165) is 24.1 Å². The van der Waals surface area contributed by atoms with E-state index in [1.165, 1.54) is 0 Å². The van der Waals surface area contributed by atoms with E-state index in [1.54, 1.807) is 18.2 Å². The van der Waals surface area contributed by atoms with Gasteiger partial charge in [-0.15, -0.1) is 0 Å². The topological polar surface area (TPSA) is 70.7 Å². The van der Waals surface area contributed by atoms with Crippen LogP contribution < -0.4 is 10.8 Å². The molecule has 5 rings (SSSR count). The molecule has 34 heavy (non-hydrogen) atoms. The average molecular weight is 476 g/mol. The molecule has 1 fully saturated rings. The third-order valence-electron chi connectivity index (χ3n) is 6.55. The maximum atomic E-state index is 13.7. The van der Waals surface area contributed by atoms with Crippen LogP contribution in [0.1, 0.15) is 45.4 Å². The molecule has 0 radical (unpaired) electrons. The number of hydroxylamine groups is 1. The van der Waals surface area contributed by atoms with E-state index in [9.17, 15) is 9.59 Å². The van der Waals surface area contributed by atoms with Crippen molar-refractivity contribution in [3.05, 3.63) is 106 Å². The molecule has 6 nitrogen and oxygen atoms in total. The third-order valence-corrected chi connectivity index (χ3v) is 6.80. The van der Waals surface area contributed by atoms with E-state index in [-0.39, 0.29) is 24.5 Å². The Kier molecular flexibility index (Phi) is 6.63. The summed E-state index contributed by atoms with van der Waals surface area (Å²) in [5, 5.41) is 3.96. The second-order valence-corrected chi connectivity index (χ2v) is 9.10. The van der Waals surface area contributed by atoms with Gasteiger partial charge < -0.3 is 10.2 Å². The number of halogens is 1. The van der Waals surface area contributed by atoms with Crippen molar-refractivity contribution in [2.45, 2.75) is 31.0 Å². The molecule has 0 aromatic heterocycles. The van der Waals surface area contributed by atoms with Gasteiger partial charge in [0.05, 0.1) is 18.6 Å². The van der Waals surface area contributed by atoms with Crippen molar-refractivity contribution in [1.29, 1.82) is 0 Å². The molecular formula is C27H26ClN3O3. The van der Waals surface area contributed by atoms with Gasteiger partial charge in [0.25, 0.3) is 11.8 Å². The smallest absolute Gasteiger partial charge is 0.255 e. The highest BCUT2D eigenvalue weighted by Gasteiger charge is 2.47. The van der Waals surface area contributed by atoms with Crippen LogP contribution in [0.5, 0.6) is 0 Å². The van der Waals surface area contributed by atoms with Gasteiger partial charge in [0, 0.05) is 23.2 Å². The van der Waals surface area contributed by atoms with Crippen LogP contribution in [0, 0.1) is 0 Å². The number of benzene rings is 3. The standard InChI is InChI=1S/C27H26ClN3O3/c28-20-12-10-19(11-13-20)25-24(26(32)30-34-17-18-6-2-1-3-7-18)22-8-4-5-9-23(22)27(33)31(25)21-14-15-29-16-21/h1-13,21,24-25,29H,14-17H2,(H,30,32)/t21-,24+,25-/m0/s1. The molecule has 1 saturated heterocycles. The summed E-state index contributed by atoms with van der Waals surface area (Å²) in [6.07, 6.45) is 0.830. The molecule has 7 heteroatoms. The second-order valence-electron chi connectivity index (χ2n) is 8.66. The van der Waals surface area contributed by atoms with E-state index in [1.807, 2.05) is 65.6 Å². The Morgan fingerprint density at radius 2 is 1.76 bits per heavy atom. The molecule has 2 aliphatic rings. The summed E-state index contributed by atoms with van der Waals surface area (Å²) in [7, 11) is 0. The minimum atomic E-state index is -0.633. The molecule has 2 N–H and O–H groups in total. The molecular weight excluding hydrogens is 450 g/mol. The lowest BCUT2D eigenvalue weighted by molar-refractivity contribution is -0.138. The van der Waals surface area contributed by atoms with E-state index < -0.39 is 12.0 Å². The largest absolute Gasteiger partial charge is 0.326 e. The van der Waals surface area contributed by atoms with Gasteiger partial charge in [0.1, 0.15) is 0 Å². The van der Waals surface area contributed by atoms with E-state index in [2.05, 4.69) is 10.8 Å². The van der Waals surface area contributed by atoms with Crippen LogP contribution in [0.3, 0.4) is 0 Å². The SMILES string of the molecule is O=C(NOCc1ccccc1)[C@@H]1c2ccccc2C(=O)N([C@H]2CCNC2)[C@H]1c1ccc(Cl)cc1. The Morgan fingerprint density at radius 1 is 1.03 bits per heavy atom. The van der Waals surface area contributed by atoms with Crippen molar-refractivity contribution in [2.24, 2.45) is 0 Å². The first kappa shape index (κ1) is 22.6. The Morgan fingerprint density at radius 3 is 2.50 bits per heavy atom. The number of fused-ring (bicyclic) bond motifs is 1. The first-order valence-electron chi connectivity index (χ1n) is 11.5. The van der Waals surface area contributed by atoms with Crippen LogP contribution in [0.15, 0.2) is 78.9 Å². The predicted molar refractivity (Wildman–Crippen MR) is 130 cm³/mol. The van der Waals surface area contributed by atoms with Crippen LogP contribution >= 0.6 is 11.6 Å². The van der Waals surface area contributed by atoms with Crippen LogP contribution in [0.4, 0.5) is 0 Å². The lowest BCUT2D eigenvalue weighted by Crippen LogP contribution is -2.52. The highest BCUT2D eigenvalue weighted by Crippen LogP contribution is 2.44. The highest BCUT2D eigenvalue weighted by molar-refractivity contribution is 6.30. The fourth-order valence-electron chi connectivity index (χ4n) is 4.95. The number of hydrogen-bond acceptors (Lipinski definition) is 4. The molecule has 0 unspecified atom stereocenters. The van der Waals surface area contributed by atoms with Crippen molar-refractivity contribution >= 4 is 23.4 Å². The highest BCUT2D eigenvalue weighted by atomic mass is 35.5. The molecule has 2 heterocycles. The average Bonchev–Trinajstić information content (AvgIpc) is 3.39. The minimum Gasteiger partial charge on any atom is -0.326 e. The Hall–Kier alpha value is -3.19. The molecule has 174 valence electrons. The quantitative estimate of drug-likeness (QED) is 0.523. The summed E-state index contributed by atoms with van der Waals surface area (Å²) < 4.78 is 0. The van der Waals surface area contributed by atoms with Gasteiger partial charge in [-0.2, -0.15) is 0 Å². The third kappa shape index (κ3) is 4.44. The maximum Gasteiger partial charge on any atom is 0.255 e. The molecule has 0 saturated carbocycles. The van der Waals surface area contributed by atoms with Crippen molar-refractivity contribution in [3.63, 3.8) is 0 Å². The Balaban J connectivity index is 1.52. The van der Waals surface area contributed by atoms with Gasteiger partial charge in [-0.1, -0.05) is 72.3 Å². The monoisotopic (exact) mass is 475 g/mol. The second kappa shape index (κ2) is 9.97. The lowest BCUT2D eigenvalue weighted by Gasteiger charge is -2.44. The van der Waals surface area contributed by atoms with E-state index >= 15 is 0 Å². The Labute approximate surface area is 203 Å². The lowest BCUT2D eigenvalue weighted by atomic mass is 9.78. The number of nitrogens with one attached hydrogen (secondary N) is 2. The van der Waals surface area contributed by atoms with E-state index in [4.69, 9.17) is 16.4 Å². The zero-order valence-electron chi connectivity index (χ0n) is 18.6. The van der Waals surface area contributed by atoms with Crippen LogP contribution in [0.25, 0.3) is 0 Å². The number of carbonyl (C=O) groups excluding carboxylic acids is 2. The molecule has 3 aromatic rings. The number of hydrogen-bond donors (Lipinski definition) is 2. The van der Waals surface area contributed by atoms with Crippen LogP contribution in [-0.4, -0.2) is 35.8 Å². The Bertz CT molecular complexity index is 1160. The summed E-state index contributed by atoms with van der Waals surface area (Å²) in [5.41, 5.74) is 5.74. The fourth-order valence-corrected chi connectivity index (χ4v) is 5.08. The number of rotatable bonds is 6. The number of amides is 2. The fraction of sp³-hybridized carbons (Fsp3) is 0.259. The molecule has 3 aromatic carbocycles. The van der Waals surface area contributed by atoms with Crippen molar-refractivity contribution in [3.8, 4) is 0 Å². The summed E-state index contributed by atoms with van der Waals surface area (Å²) in [4.78, 5) is 34.9. The number of carbonyl (C=O) groups is 2. The molecule has 3 atom stereocenters. The van der Waals surface area contributed by atoms with Gasteiger partial charge >= 0.3 is 0 Å². The van der Waals surface area contributed by atoms with Gasteiger partial charge in [-0.3, -0.25) is 14.4 Å². The molecule has 0 bridgehead atoms. The summed E-state index contributed by atoms with van der Waals surface area (Å²) >= 11 is 6.16. The van der Waals surface area contributed by atoms with Crippen molar-refractivity contribution in [1.82, 2.24) is 15.7 Å². The van der Waals surface area contributed by atoms with Gasteiger partial charge in [0.2, 0.25) is 0 Å².